The number of hydrogen-bond donors (Lipinski definition) is 2. The molecule has 0 aliphatic heterocycles. The summed E-state index contributed by atoms with van der Waals surface area (Å²) in [6, 6.07) is 13.7. The minimum Gasteiger partial charge on any atom is -0.496 e. The van der Waals surface area contributed by atoms with E-state index in [9.17, 15) is 9.90 Å². The van der Waals surface area contributed by atoms with Crippen LogP contribution in [0.1, 0.15) is 41.6 Å². The van der Waals surface area contributed by atoms with E-state index in [0.29, 0.717) is 19.5 Å². The van der Waals surface area contributed by atoms with E-state index in [0.717, 1.165) is 22.4 Å². The van der Waals surface area contributed by atoms with Gasteiger partial charge in [0.15, 0.2) is 0 Å². The van der Waals surface area contributed by atoms with Crippen molar-refractivity contribution in [1.82, 2.24) is 10.2 Å². The summed E-state index contributed by atoms with van der Waals surface area (Å²) in [4.78, 5) is 14.6. The summed E-state index contributed by atoms with van der Waals surface area (Å²) in [7, 11) is 1.62. The van der Waals surface area contributed by atoms with Crippen LogP contribution >= 0.6 is 0 Å². The standard InChI is InChI=1S/C22H30N2O3/c1-16-10-11-17(2)20(14-16)18(3)23-22(26)24(12-7-13-25)15-19-8-5-6-9-21(19)27-4/h5-6,8-11,14,18,25H,7,12-13,15H2,1-4H3,(H,23,26)/t18-/m0/s1. The molecule has 1 atom stereocenters. The van der Waals surface area contributed by atoms with Gasteiger partial charge in [0.05, 0.1) is 19.7 Å². The summed E-state index contributed by atoms with van der Waals surface area (Å²) >= 11 is 0. The Morgan fingerprint density at radius 1 is 1.22 bits per heavy atom. The van der Waals surface area contributed by atoms with Gasteiger partial charge in [-0.05, 0) is 44.4 Å². The third kappa shape index (κ3) is 5.73. The van der Waals surface area contributed by atoms with E-state index in [4.69, 9.17) is 4.74 Å². The van der Waals surface area contributed by atoms with Gasteiger partial charge in [-0.25, -0.2) is 4.79 Å². The Bertz CT molecular complexity index is 761. The summed E-state index contributed by atoms with van der Waals surface area (Å²) in [5, 5.41) is 12.3. The van der Waals surface area contributed by atoms with E-state index >= 15 is 0 Å². The number of carbonyl (C=O) groups excluding carboxylic acids is 1. The van der Waals surface area contributed by atoms with Gasteiger partial charge in [0, 0.05) is 18.7 Å². The van der Waals surface area contributed by atoms with E-state index in [1.807, 2.05) is 38.1 Å². The minimum absolute atomic E-state index is 0.0439. The zero-order chi connectivity index (χ0) is 19.8. The maximum Gasteiger partial charge on any atom is 0.318 e. The molecule has 2 N–H and O–H groups in total. The Balaban J connectivity index is 2.15. The highest BCUT2D eigenvalue weighted by molar-refractivity contribution is 5.75. The highest BCUT2D eigenvalue weighted by Crippen LogP contribution is 2.21. The van der Waals surface area contributed by atoms with Gasteiger partial charge in [0.2, 0.25) is 0 Å². The van der Waals surface area contributed by atoms with E-state index in [-0.39, 0.29) is 18.7 Å². The molecule has 5 heteroatoms. The molecule has 0 aromatic heterocycles. The number of rotatable bonds is 8. The van der Waals surface area contributed by atoms with Gasteiger partial charge in [0.1, 0.15) is 5.75 Å². The molecule has 2 rings (SSSR count). The van der Waals surface area contributed by atoms with Gasteiger partial charge in [-0.1, -0.05) is 42.0 Å². The van der Waals surface area contributed by atoms with Crippen molar-refractivity contribution in [2.24, 2.45) is 0 Å². The predicted molar refractivity (Wildman–Crippen MR) is 108 cm³/mol. The van der Waals surface area contributed by atoms with Crippen LogP contribution in [0.4, 0.5) is 4.79 Å². The molecule has 0 aliphatic carbocycles. The number of urea groups is 1. The molecule has 0 saturated carbocycles. The zero-order valence-corrected chi connectivity index (χ0v) is 16.7. The molecule has 2 aromatic rings. The molecule has 146 valence electrons. The van der Waals surface area contributed by atoms with Crippen molar-refractivity contribution in [2.45, 2.75) is 39.8 Å². The van der Waals surface area contributed by atoms with Crippen molar-refractivity contribution < 1.29 is 14.6 Å². The van der Waals surface area contributed by atoms with Crippen molar-refractivity contribution in [3.63, 3.8) is 0 Å². The predicted octanol–water partition coefficient (Wildman–Crippen LogP) is 3.97. The molecule has 5 nitrogen and oxygen atoms in total. The number of benzene rings is 2. The summed E-state index contributed by atoms with van der Waals surface area (Å²) in [5.41, 5.74) is 4.37. The number of methoxy groups -OCH3 is 1. The molecule has 27 heavy (non-hydrogen) atoms. The number of nitrogens with one attached hydrogen (secondary N) is 1. The lowest BCUT2D eigenvalue weighted by Crippen LogP contribution is -2.41. The summed E-state index contributed by atoms with van der Waals surface area (Å²) in [6.07, 6.45) is 0.528. The summed E-state index contributed by atoms with van der Waals surface area (Å²) in [5.74, 6) is 0.752. The van der Waals surface area contributed by atoms with Crippen molar-refractivity contribution in [1.29, 1.82) is 0 Å². The molecule has 0 spiro atoms. The molecular weight excluding hydrogens is 340 g/mol. The average Bonchev–Trinajstić information content (AvgIpc) is 2.67. The number of aryl methyl sites for hydroxylation is 2. The van der Waals surface area contributed by atoms with Gasteiger partial charge in [-0.3, -0.25) is 0 Å². The fourth-order valence-electron chi connectivity index (χ4n) is 3.13. The Kier molecular flexibility index (Phi) is 7.67. The number of aliphatic hydroxyl groups excluding tert-OH is 1. The van der Waals surface area contributed by atoms with E-state index in [2.05, 4.69) is 30.4 Å². The summed E-state index contributed by atoms with van der Waals surface area (Å²) < 4.78 is 5.40. The van der Waals surface area contributed by atoms with E-state index in [1.165, 1.54) is 5.56 Å². The van der Waals surface area contributed by atoms with Crippen LogP contribution in [0.2, 0.25) is 0 Å². The van der Waals surface area contributed by atoms with Crippen LogP contribution in [-0.2, 0) is 6.54 Å². The maximum atomic E-state index is 12.9. The second-order valence-electron chi connectivity index (χ2n) is 6.84. The first kappa shape index (κ1) is 20.8. The third-order valence-corrected chi connectivity index (χ3v) is 4.67. The fraction of sp³-hybridized carbons (Fsp3) is 0.409. The maximum absolute atomic E-state index is 12.9. The van der Waals surface area contributed by atoms with Crippen LogP contribution in [0.5, 0.6) is 5.75 Å². The number of carbonyl (C=O) groups is 1. The van der Waals surface area contributed by atoms with Crippen LogP contribution in [0.25, 0.3) is 0 Å². The molecule has 0 bridgehead atoms. The second kappa shape index (κ2) is 9.97. The number of hydrogen-bond acceptors (Lipinski definition) is 3. The van der Waals surface area contributed by atoms with Gasteiger partial charge in [-0.15, -0.1) is 0 Å². The normalized spacial score (nSPS) is 11.7. The van der Waals surface area contributed by atoms with Gasteiger partial charge in [-0.2, -0.15) is 0 Å². The van der Waals surface area contributed by atoms with Gasteiger partial charge in [0.25, 0.3) is 0 Å². The number of amides is 2. The smallest absolute Gasteiger partial charge is 0.318 e. The Morgan fingerprint density at radius 3 is 2.67 bits per heavy atom. The minimum atomic E-state index is -0.150. The van der Waals surface area contributed by atoms with Crippen LogP contribution in [0.3, 0.4) is 0 Å². The summed E-state index contributed by atoms with van der Waals surface area (Å²) in [6.45, 7) is 7.03. The molecule has 0 radical (unpaired) electrons. The van der Waals surface area contributed by atoms with Gasteiger partial charge >= 0.3 is 6.03 Å². The first-order valence-electron chi connectivity index (χ1n) is 9.31. The average molecular weight is 370 g/mol. The van der Waals surface area contributed by atoms with Crippen molar-refractivity contribution in [3.8, 4) is 5.75 Å². The molecule has 2 amide bonds. The van der Waals surface area contributed by atoms with Crippen molar-refractivity contribution in [2.75, 3.05) is 20.3 Å². The highest BCUT2D eigenvalue weighted by Gasteiger charge is 2.19. The molecular formula is C22H30N2O3. The number of para-hydroxylation sites is 1. The van der Waals surface area contributed by atoms with Crippen molar-refractivity contribution in [3.05, 3.63) is 64.7 Å². The topological polar surface area (TPSA) is 61.8 Å². The van der Waals surface area contributed by atoms with Crippen LogP contribution in [-0.4, -0.2) is 36.3 Å². The number of aliphatic hydroxyl groups is 1. The Hall–Kier alpha value is -2.53. The van der Waals surface area contributed by atoms with Crippen LogP contribution < -0.4 is 10.1 Å². The largest absolute Gasteiger partial charge is 0.496 e. The SMILES string of the molecule is COc1ccccc1CN(CCCO)C(=O)N[C@@H](C)c1cc(C)ccc1C. The van der Waals surface area contributed by atoms with Crippen LogP contribution in [0, 0.1) is 13.8 Å². The molecule has 2 aromatic carbocycles. The van der Waals surface area contributed by atoms with Gasteiger partial charge < -0.3 is 20.1 Å². The Labute approximate surface area is 162 Å². The Morgan fingerprint density at radius 2 is 1.96 bits per heavy atom. The van der Waals surface area contributed by atoms with Crippen molar-refractivity contribution >= 4 is 6.03 Å². The van der Waals surface area contributed by atoms with Crippen LogP contribution in [0.15, 0.2) is 42.5 Å². The first-order valence-corrected chi connectivity index (χ1v) is 9.31. The molecule has 0 saturated heterocycles. The lowest BCUT2D eigenvalue weighted by molar-refractivity contribution is 0.183. The van der Waals surface area contributed by atoms with E-state index < -0.39 is 0 Å². The lowest BCUT2D eigenvalue weighted by atomic mass is 10.00. The number of nitrogens with zero attached hydrogens (tertiary/aromatic N) is 1. The third-order valence-electron chi connectivity index (χ3n) is 4.67. The molecule has 0 aliphatic rings. The quantitative estimate of drug-likeness (QED) is 0.739. The molecule has 0 fully saturated rings. The lowest BCUT2D eigenvalue weighted by Gasteiger charge is -2.26. The van der Waals surface area contributed by atoms with E-state index in [1.54, 1.807) is 12.0 Å². The second-order valence-corrected chi connectivity index (χ2v) is 6.84. The number of ether oxygens (including phenoxy) is 1. The molecule has 0 unspecified atom stereocenters. The fourth-order valence-corrected chi connectivity index (χ4v) is 3.13. The monoisotopic (exact) mass is 370 g/mol. The zero-order valence-electron chi connectivity index (χ0n) is 16.7. The highest BCUT2D eigenvalue weighted by atomic mass is 16.5. The molecule has 0 heterocycles. The first-order chi connectivity index (χ1) is 13.0.